The Morgan fingerprint density at radius 3 is 2.77 bits per heavy atom. The summed E-state index contributed by atoms with van der Waals surface area (Å²) < 4.78 is 19.8. The number of hydrazone groups is 1. The predicted octanol–water partition coefficient (Wildman–Crippen LogP) is 2.18. The van der Waals surface area contributed by atoms with Crippen LogP contribution < -0.4 is 10.3 Å². The van der Waals surface area contributed by atoms with Crippen molar-refractivity contribution in [2.24, 2.45) is 11.0 Å². The van der Waals surface area contributed by atoms with Crippen LogP contribution in [0.15, 0.2) is 17.2 Å². The van der Waals surface area contributed by atoms with Crippen molar-refractivity contribution in [2.75, 3.05) is 31.2 Å². The molecule has 118 valence electrons. The molecule has 1 fully saturated rings. The molecule has 0 saturated carbocycles. The van der Waals surface area contributed by atoms with Crippen molar-refractivity contribution < 1.29 is 13.9 Å². The van der Waals surface area contributed by atoms with Crippen LogP contribution in [0.3, 0.4) is 0 Å². The van der Waals surface area contributed by atoms with Crippen LogP contribution in [-0.2, 0) is 9.53 Å². The number of ether oxygens (including phenoxy) is 1. The number of hydrogen-bond acceptors (Lipinski definition) is 4. The maximum absolute atomic E-state index is 14.5. The Labute approximate surface area is 133 Å². The molecule has 0 spiro atoms. The molecular weight excluding hydrogens is 309 g/mol. The number of carbonyl (C=O) groups is 1. The van der Waals surface area contributed by atoms with Crippen molar-refractivity contribution in [3.8, 4) is 0 Å². The maximum atomic E-state index is 14.5. The third-order valence-electron chi connectivity index (χ3n) is 3.90. The summed E-state index contributed by atoms with van der Waals surface area (Å²) in [6.07, 6.45) is 0.337. The Hall–Kier alpha value is -1.66. The lowest BCUT2D eigenvalue weighted by Gasteiger charge is -2.30. The highest BCUT2D eigenvalue weighted by Crippen LogP contribution is 2.32. The fourth-order valence-electron chi connectivity index (χ4n) is 2.80. The second-order valence-electron chi connectivity index (χ2n) is 5.53. The van der Waals surface area contributed by atoms with Crippen LogP contribution in [0.25, 0.3) is 0 Å². The summed E-state index contributed by atoms with van der Waals surface area (Å²) in [6.45, 7) is 4.24. The largest absolute Gasteiger partial charge is 0.378 e. The summed E-state index contributed by atoms with van der Waals surface area (Å²) in [5, 5.41) is 4.39. The molecule has 1 atom stereocenters. The minimum Gasteiger partial charge on any atom is -0.378 e. The SMILES string of the molecule is C[C@@H]1CC(=O)NN=C1c1cc(F)c(N2CCOCC2)c(Cl)c1. The predicted molar refractivity (Wildman–Crippen MR) is 82.9 cm³/mol. The molecule has 0 aromatic heterocycles. The van der Waals surface area contributed by atoms with E-state index in [0.717, 1.165) is 0 Å². The van der Waals surface area contributed by atoms with Crippen molar-refractivity contribution in [1.29, 1.82) is 0 Å². The number of anilines is 1. The van der Waals surface area contributed by atoms with Crippen LogP contribution in [0.2, 0.25) is 5.02 Å². The molecule has 1 saturated heterocycles. The molecule has 1 N–H and O–H groups in total. The first kappa shape index (κ1) is 15.2. The molecule has 0 unspecified atom stereocenters. The van der Waals surface area contributed by atoms with Gasteiger partial charge in [-0.1, -0.05) is 18.5 Å². The van der Waals surface area contributed by atoms with Gasteiger partial charge in [0.1, 0.15) is 5.82 Å². The Balaban J connectivity index is 1.94. The molecule has 1 aromatic rings. The Morgan fingerprint density at radius 1 is 1.41 bits per heavy atom. The molecule has 0 aliphatic carbocycles. The zero-order valence-corrected chi connectivity index (χ0v) is 13.0. The van der Waals surface area contributed by atoms with Crippen LogP contribution in [0.5, 0.6) is 0 Å². The zero-order valence-electron chi connectivity index (χ0n) is 12.2. The third kappa shape index (κ3) is 2.94. The molecule has 5 nitrogen and oxygen atoms in total. The summed E-state index contributed by atoms with van der Waals surface area (Å²) in [5.41, 5.74) is 4.09. The fourth-order valence-corrected chi connectivity index (χ4v) is 3.13. The first-order valence-corrected chi connectivity index (χ1v) is 7.62. The lowest BCUT2D eigenvalue weighted by atomic mass is 9.94. The van der Waals surface area contributed by atoms with Gasteiger partial charge >= 0.3 is 0 Å². The molecule has 2 aliphatic heterocycles. The molecule has 3 rings (SSSR count). The van der Waals surface area contributed by atoms with E-state index in [4.69, 9.17) is 16.3 Å². The van der Waals surface area contributed by atoms with Gasteiger partial charge in [-0.25, -0.2) is 9.82 Å². The van der Waals surface area contributed by atoms with E-state index in [1.165, 1.54) is 6.07 Å². The standard InChI is InChI=1S/C15H17ClFN3O2/c1-9-6-13(21)18-19-14(9)10-7-11(16)15(12(17)8-10)20-2-4-22-5-3-20/h7-9H,2-6H2,1H3,(H,18,21)/t9-/m1/s1. The minimum atomic E-state index is -0.379. The zero-order chi connectivity index (χ0) is 15.7. The van der Waals surface area contributed by atoms with Crippen molar-refractivity contribution >= 4 is 28.9 Å². The highest BCUT2D eigenvalue weighted by atomic mass is 35.5. The number of halogens is 2. The van der Waals surface area contributed by atoms with E-state index in [0.29, 0.717) is 54.7 Å². The third-order valence-corrected chi connectivity index (χ3v) is 4.19. The number of benzene rings is 1. The second-order valence-corrected chi connectivity index (χ2v) is 5.93. The number of nitrogens with zero attached hydrogens (tertiary/aromatic N) is 2. The number of nitrogens with one attached hydrogen (secondary N) is 1. The first-order chi connectivity index (χ1) is 10.6. The normalized spacial score (nSPS) is 22.3. The molecule has 2 heterocycles. The van der Waals surface area contributed by atoms with Gasteiger partial charge in [0.05, 0.1) is 29.6 Å². The topological polar surface area (TPSA) is 53.9 Å². The molecule has 22 heavy (non-hydrogen) atoms. The number of hydrogen-bond donors (Lipinski definition) is 1. The Morgan fingerprint density at radius 2 is 2.14 bits per heavy atom. The highest BCUT2D eigenvalue weighted by Gasteiger charge is 2.25. The highest BCUT2D eigenvalue weighted by molar-refractivity contribution is 6.33. The van der Waals surface area contributed by atoms with Crippen LogP contribution >= 0.6 is 11.6 Å². The smallest absolute Gasteiger partial charge is 0.240 e. The number of morpholine rings is 1. The van der Waals surface area contributed by atoms with E-state index < -0.39 is 0 Å². The monoisotopic (exact) mass is 325 g/mol. The van der Waals surface area contributed by atoms with E-state index in [-0.39, 0.29) is 17.6 Å². The minimum absolute atomic E-state index is 0.0709. The average molecular weight is 326 g/mol. The summed E-state index contributed by atoms with van der Waals surface area (Å²) in [7, 11) is 0. The van der Waals surface area contributed by atoms with Gasteiger partial charge in [0, 0.05) is 31.0 Å². The van der Waals surface area contributed by atoms with Crippen LogP contribution in [0.4, 0.5) is 10.1 Å². The number of rotatable bonds is 2. The van der Waals surface area contributed by atoms with Gasteiger partial charge in [-0.2, -0.15) is 5.10 Å². The summed E-state index contributed by atoms with van der Waals surface area (Å²) in [4.78, 5) is 13.2. The molecule has 0 radical (unpaired) electrons. The van der Waals surface area contributed by atoms with Crippen molar-refractivity contribution in [3.63, 3.8) is 0 Å². The molecular formula is C15H17ClFN3O2. The first-order valence-electron chi connectivity index (χ1n) is 7.25. The van der Waals surface area contributed by atoms with E-state index in [2.05, 4.69) is 10.5 Å². The van der Waals surface area contributed by atoms with E-state index in [1.54, 1.807) is 6.07 Å². The van der Waals surface area contributed by atoms with Gasteiger partial charge in [0.15, 0.2) is 0 Å². The van der Waals surface area contributed by atoms with Crippen LogP contribution in [0.1, 0.15) is 18.9 Å². The van der Waals surface area contributed by atoms with Crippen molar-refractivity contribution in [2.45, 2.75) is 13.3 Å². The van der Waals surface area contributed by atoms with Gasteiger partial charge in [-0.3, -0.25) is 4.79 Å². The van der Waals surface area contributed by atoms with Crippen molar-refractivity contribution in [3.05, 3.63) is 28.5 Å². The number of amides is 1. The Kier molecular flexibility index (Phi) is 4.31. The quantitative estimate of drug-likeness (QED) is 0.906. The summed E-state index contributed by atoms with van der Waals surface area (Å²) in [5.74, 6) is -0.581. The summed E-state index contributed by atoms with van der Waals surface area (Å²) in [6, 6.07) is 3.14. The lowest BCUT2D eigenvalue weighted by molar-refractivity contribution is -0.121. The van der Waals surface area contributed by atoms with Gasteiger partial charge in [0.2, 0.25) is 5.91 Å². The van der Waals surface area contributed by atoms with Gasteiger partial charge in [-0.15, -0.1) is 0 Å². The lowest BCUT2D eigenvalue weighted by Crippen LogP contribution is -2.37. The Bertz CT molecular complexity index is 606. The van der Waals surface area contributed by atoms with E-state index in [1.807, 2.05) is 11.8 Å². The van der Waals surface area contributed by atoms with Gasteiger partial charge in [-0.05, 0) is 12.1 Å². The average Bonchev–Trinajstić information content (AvgIpc) is 2.47. The second kappa shape index (κ2) is 6.22. The molecule has 7 heteroatoms. The molecule has 1 aromatic carbocycles. The van der Waals surface area contributed by atoms with Gasteiger partial charge in [0.25, 0.3) is 0 Å². The summed E-state index contributed by atoms with van der Waals surface area (Å²) >= 11 is 6.30. The molecule has 2 aliphatic rings. The van der Waals surface area contributed by atoms with E-state index in [9.17, 15) is 9.18 Å². The van der Waals surface area contributed by atoms with Crippen LogP contribution in [-0.4, -0.2) is 37.9 Å². The van der Waals surface area contributed by atoms with Crippen LogP contribution in [0, 0.1) is 11.7 Å². The molecule has 1 amide bonds. The molecule has 0 bridgehead atoms. The van der Waals surface area contributed by atoms with Gasteiger partial charge < -0.3 is 9.64 Å². The number of carbonyl (C=O) groups excluding carboxylic acids is 1. The maximum Gasteiger partial charge on any atom is 0.240 e. The fraction of sp³-hybridized carbons (Fsp3) is 0.467. The van der Waals surface area contributed by atoms with E-state index >= 15 is 0 Å². The van der Waals surface area contributed by atoms with Crippen molar-refractivity contribution in [1.82, 2.24) is 5.43 Å².